The standard InChI is InChI=1S/C11H13N5O2/c1-8(2)7-15-11(12-13-14-15)9-4-3-5-10(6-9)16(17)18/h3-6,8H,7H2,1-2H3. The van der Waals surface area contributed by atoms with Crippen LogP contribution in [0.25, 0.3) is 11.4 Å². The van der Waals surface area contributed by atoms with Gasteiger partial charge in [0.15, 0.2) is 5.82 Å². The van der Waals surface area contributed by atoms with Crippen molar-refractivity contribution in [3.05, 3.63) is 34.4 Å². The smallest absolute Gasteiger partial charge is 0.258 e. The molecule has 0 fully saturated rings. The summed E-state index contributed by atoms with van der Waals surface area (Å²) in [6, 6.07) is 6.31. The third kappa shape index (κ3) is 2.50. The van der Waals surface area contributed by atoms with Crippen molar-refractivity contribution in [1.82, 2.24) is 20.2 Å². The van der Waals surface area contributed by atoms with Crippen molar-refractivity contribution >= 4 is 5.69 Å². The third-order valence-electron chi connectivity index (χ3n) is 2.39. The van der Waals surface area contributed by atoms with E-state index in [-0.39, 0.29) is 5.69 Å². The van der Waals surface area contributed by atoms with Crippen LogP contribution in [0.1, 0.15) is 13.8 Å². The lowest BCUT2D eigenvalue weighted by Crippen LogP contribution is -2.08. The molecule has 0 saturated carbocycles. The average Bonchev–Trinajstić information content (AvgIpc) is 2.76. The Morgan fingerprint density at radius 1 is 1.44 bits per heavy atom. The number of nitrogens with zero attached hydrogens (tertiary/aromatic N) is 5. The van der Waals surface area contributed by atoms with E-state index >= 15 is 0 Å². The van der Waals surface area contributed by atoms with Gasteiger partial charge in [0.05, 0.1) is 4.92 Å². The maximum absolute atomic E-state index is 10.7. The van der Waals surface area contributed by atoms with E-state index in [1.165, 1.54) is 12.1 Å². The zero-order chi connectivity index (χ0) is 13.1. The van der Waals surface area contributed by atoms with Crippen LogP contribution in [0.4, 0.5) is 5.69 Å². The monoisotopic (exact) mass is 247 g/mol. The maximum Gasteiger partial charge on any atom is 0.270 e. The van der Waals surface area contributed by atoms with Gasteiger partial charge in [0, 0.05) is 24.2 Å². The van der Waals surface area contributed by atoms with E-state index in [2.05, 4.69) is 29.4 Å². The van der Waals surface area contributed by atoms with Crippen LogP contribution in [-0.4, -0.2) is 25.1 Å². The summed E-state index contributed by atoms with van der Waals surface area (Å²) >= 11 is 0. The van der Waals surface area contributed by atoms with E-state index in [9.17, 15) is 10.1 Å². The van der Waals surface area contributed by atoms with Gasteiger partial charge in [-0.1, -0.05) is 26.0 Å². The van der Waals surface area contributed by atoms with E-state index in [1.807, 2.05) is 0 Å². The summed E-state index contributed by atoms with van der Waals surface area (Å²) in [5.74, 6) is 0.943. The lowest BCUT2D eigenvalue weighted by atomic mass is 10.2. The summed E-state index contributed by atoms with van der Waals surface area (Å²) < 4.78 is 1.66. The number of nitro groups is 1. The zero-order valence-corrected chi connectivity index (χ0v) is 10.1. The summed E-state index contributed by atoms with van der Waals surface area (Å²) in [5.41, 5.74) is 0.682. The Bertz CT molecular complexity index is 564. The number of hydrogen-bond acceptors (Lipinski definition) is 5. The third-order valence-corrected chi connectivity index (χ3v) is 2.39. The Kier molecular flexibility index (Phi) is 3.31. The second kappa shape index (κ2) is 4.91. The van der Waals surface area contributed by atoms with Crippen LogP contribution in [0, 0.1) is 16.0 Å². The predicted octanol–water partition coefficient (Wildman–Crippen LogP) is 1.90. The molecule has 0 spiro atoms. The van der Waals surface area contributed by atoms with Gasteiger partial charge >= 0.3 is 0 Å². The molecule has 0 aliphatic heterocycles. The highest BCUT2D eigenvalue weighted by Crippen LogP contribution is 2.21. The Morgan fingerprint density at radius 2 is 2.22 bits per heavy atom. The fourth-order valence-corrected chi connectivity index (χ4v) is 1.64. The largest absolute Gasteiger partial charge is 0.270 e. The van der Waals surface area contributed by atoms with Crippen LogP contribution in [-0.2, 0) is 6.54 Å². The van der Waals surface area contributed by atoms with E-state index < -0.39 is 4.92 Å². The first-order chi connectivity index (χ1) is 8.58. The first-order valence-corrected chi connectivity index (χ1v) is 5.59. The van der Waals surface area contributed by atoms with Gasteiger partial charge < -0.3 is 0 Å². The first kappa shape index (κ1) is 12.2. The zero-order valence-electron chi connectivity index (χ0n) is 10.1. The second-order valence-corrected chi connectivity index (χ2v) is 4.39. The van der Waals surface area contributed by atoms with Crippen LogP contribution in [0.5, 0.6) is 0 Å². The van der Waals surface area contributed by atoms with E-state index in [1.54, 1.807) is 16.8 Å². The molecule has 94 valence electrons. The first-order valence-electron chi connectivity index (χ1n) is 5.59. The number of hydrogen-bond donors (Lipinski definition) is 0. The molecule has 7 heteroatoms. The van der Waals surface area contributed by atoms with Crippen molar-refractivity contribution in [2.75, 3.05) is 0 Å². The molecule has 1 aromatic carbocycles. The van der Waals surface area contributed by atoms with Crippen molar-refractivity contribution in [2.45, 2.75) is 20.4 Å². The molecule has 0 aliphatic carbocycles. The fraction of sp³-hybridized carbons (Fsp3) is 0.364. The Morgan fingerprint density at radius 3 is 2.89 bits per heavy atom. The molecule has 0 bridgehead atoms. The van der Waals surface area contributed by atoms with Gasteiger partial charge in [-0.25, -0.2) is 4.68 Å². The van der Waals surface area contributed by atoms with E-state index in [0.29, 0.717) is 23.9 Å². The minimum atomic E-state index is -0.430. The molecular formula is C11H13N5O2. The lowest BCUT2D eigenvalue weighted by molar-refractivity contribution is -0.384. The van der Waals surface area contributed by atoms with Crippen LogP contribution >= 0.6 is 0 Å². The van der Waals surface area contributed by atoms with Gasteiger partial charge in [0.25, 0.3) is 5.69 Å². The van der Waals surface area contributed by atoms with Crippen molar-refractivity contribution in [1.29, 1.82) is 0 Å². The van der Waals surface area contributed by atoms with Gasteiger partial charge in [0.2, 0.25) is 0 Å². The number of aromatic nitrogens is 4. The van der Waals surface area contributed by atoms with Crippen LogP contribution in [0.15, 0.2) is 24.3 Å². The molecule has 1 heterocycles. The van der Waals surface area contributed by atoms with E-state index in [4.69, 9.17) is 0 Å². The molecule has 0 N–H and O–H groups in total. The molecule has 2 rings (SSSR count). The minimum Gasteiger partial charge on any atom is -0.258 e. The summed E-state index contributed by atoms with van der Waals surface area (Å²) in [4.78, 5) is 10.3. The topological polar surface area (TPSA) is 86.7 Å². The maximum atomic E-state index is 10.7. The Balaban J connectivity index is 2.39. The molecule has 2 aromatic rings. The second-order valence-electron chi connectivity index (χ2n) is 4.39. The minimum absolute atomic E-state index is 0.0339. The average molecular weight is 247 g/mol. The van der Waals surface area contributed by atoms with Crippen LogP contribution in [0.2, 0.25) is 0 Å². The normalized spacial score (nSPS) is 10.8. The number of rotatable bonds is 4. The molecule has 0 amide bonds. The molecule has 0 aliphatic rings. The summed E-state index contributed by atoms with van der Waals surface area (Å²) in [6.45, 7) is 4.78. The van der Waals surface area contributed by atoms with Gasteiger partial charge in [-0.2, -0.15) is 0 Å². The number of benzene rings is 1. The van der Waals surface area contributed by atoms with Crippen LogP contribution < -0.4 is 0 Å². The SMILES string of the molecule is CC(C)Cn1nnnc1-c1cccc([N+](=O)[O-])c1. The summed E-state index contributed by atoms with van der Waals surface area (Å²) in [5, 5.41) is 22.2. The molecular weight excluding hydrogens is 234 g/mol. The highest BCUT2D eigenvalue weighted by atomic mass is 16.6. The van der Waals surface area contributed by atoms with Gasteiger partial charge in [-0.05, 0) is 16.3 Å². The fourth-order valence-electron chi connectivity index (χ4n) is 1.64. The number of tetrazole rings is 1. The van der Waals surface area contributed by atoms with Gasteiger partial charge in [-0.3, -0.25) is 10.1 Å². The quantitative estimate of drug-likeness (QED) is 0.608. The number of non-ortho nitro benzene ring substituents is 1. The Labute approximate surface area is 104 Å². The predicted molar refractivity (Wildman–Crippen MR) is 64.7 cm³/mol. The van der Waals surface area contributed by atoms with Crippen molar-refractivity contribution in [3.8, 4) is 11.4 Å². The van der Waals surface area contributed by atoms with E-state index in [0.717, 1.165) is 0 Å². The van der Waals surface area contributed by atoms with Crippen molar-refractivity contribution in [2.24, 2.45) is 5.92 Å². The molecule has 0 radical (unpaired) electrons. The Hall–Kier alpha value is -2.31. The summed E-state index contributed by atoms with van der Waals surface area (Å²) in [6.07, 6.45) is 0. The highest BCUT2D eigenvalue weighted by molar-refractivity contribution is 5.58. The van der Waals surface area contributed by atoms with Gasteiger partial charge in [-0.15, -0.1) is 5.10 Å². The van der Waals surface area contributed by atoms with Crippen molar-refractivity contribution in [3.63, 3.8) is 0 Å². The molecule has 1 aromatic heterocycles. The number of nitro benzene ring substituents is 1. The van der Waals surface area contributed by atoms with Crippen LogP contribution in [0.3, 0.4) is 0 Å². The molecule has 7 nitrogen and oxygen atoms in total. The molecule has 0 unspecified atom stereocenters. The molecule has 0 atom stereocenters. The summed E-state index contributed by atoms with van der Waals surface area (Å²) in [7, 11) is 0. The lowest BCUT2D eigenvalue weighted by Gasteiger charge is -2.06. The van der Waals surface area contributed by atoms with Crippen molar-refractivity contribution < 1.29 is 4.92 Å². The highest BCUT2D eigenvalue weighted by Gasteiger charge is 2.13. The molecule has 0 saturated heterocycles. The molecule has 18 heavy (non-hydrogen) atoms. The van der Waals surface area contributed by atoms with Gasteiger partial charge in [0.1, 0.15) is 0 Å².